The van der Waals surface area contributed by atoms with E-state index in [1.54, 1.807) is 25.3 Å². The summed E-state index contributed by atoms with van der Waals surface area (Å²) in [6, 6.07) is 12.4. The third kappa shape index (κ3) is 5.31. The number of amides is 1. The molecule has 3 rings (SSSR count). The number of thioether (sulfide) groups is 1. The van der Waals surface area contributed by atoms with Crippen LogP contribution in [0.25, 0.3) is 0 Å². The average Bonchev–Trinajstić information content (AvgIpc) is 2.99. The lowest BCUT2D eigenvalue weighted by Gasteiger charge is -2.07. The van der Waals surface area contributed by atoms with Gasteiger partial charge in [0.2, 0.25) is 11.1 Å². The molecular weight excluding hydrogens is 421 g/mol. The van der Waals surface area contributed by atoms with Crippen LogP contribution in [0.2, 0.25) is 10.0 Å². The molecule has 2 aromatic carbocycles. The molecule has 1 aromatic heterocycles. The smallest absolute Gasteiger partial charge is 0.234 e. The van der Waals surface area contributed by atoms with E-state index in [9.17, 15) is 4.79 Å². The highest BCUT2D eigenvalue weighted by Gasteiger charge is 2.13. The molecule has 3 aromatic rings. The fraction of sp³-hybridized carbons (Fsp3) is 0.167. The molecule has 0 spiro atoms. The van der Waals surface area contributed by atoms with Gasteiger partial charge in [0.15, 0.2) is 5.82 Å². The van der Waals surface area contributed by atoms with Crippen LogP contribution in [0, 0.1) is 0 Å². The summed E-state index contributed by atoms with van der Waals surface area (Å²) in [6.45, 7) is 0. The Labute approximate surface area is 176 Å². The Hall–Kier alpha value is -2.42. The first-order valence-electron chi connectivity index (χ1n) is 8.15. The number of hydrogen-bond donors (Lipinski definition) is 2. The fourth-order valence-electron chi connectivity index (χ4n) is 2.41. The van der Waals surface area contributed by atoms with E-state index < -0.39 is 0 Å². The van der Waals surface area contributed by atoms with Crippen molar-refractivity contribution < 1.29 is 9.53 Å². The van der Waals surface area contributed by atoms with Gasteiger partial charge in [-0.1, -0.05) is 47.1 Å². The summed E-state index contributed by atoms with van der Waals surface area (Å²) in [5.74, 6) is 7.32. The number of rotatable bonds is 7. The van der Waals surface area contributed by atoms with Gasteiger partial charge in [-0.2, -0.15) is 0 Å². The molecule has 7 nitrogen and oxygen atoms in total. The van der Waals surface area contributed by atoms with Gasteiger partial charge < -0.3 is 15.9 Å². The second-order valence-corrected chi connectivity index (χ2v) is 7.60. The first-order valence-corrected chi connectivity index (χ1v) is 9.90. The van der Waals surface area contributed by atoms with Gasteiger partial charge in [0.1, 0.15) is 5.75 Å². The SMILES string of the molecule is COc1ccc(Cc2nnc(SCC(=O)Nc3cc(Cl)cc(Cl)c3)n2N)cc1. The Balaban J connectivity index is 1.58. The largest absolute Gasteiger partial charge is 0.497 e. The minimum Gasteiger partial charge on any atom is -0.497 e. The molecule has 3 N–H and O–H groups in total. The number of nitrogens with zero attached hydrogens (tertiary/aromatic N) is 3. The van der Waals surface area contributed by atoms with Gasteiger partial charge in [0, 0.05) is 22.2 Å². The summed E-state index contributed by atoms with van der Waals surface area (Å²) in [4.78, 5) is 12.1. The lowest BCUT2D eigenvalue weighted by Crippen LogP contribution is -2.17. The number of ether oxygens (including phenoxy) is 1. The van der Waals surface area contributed by atoms with Gasteiger partial charge in [-0.15, -0.1) is 10.2 Å². The molecule has 0 atom stereocenters. The number of nitrogens with two attached hydrogens (primary N) is 1. The molecule has 0 aliphatic carbocycles. The van der Waals surface area contributed by atoms with Crippen molar-refractivity contribution in [3.05, 3.63) is 63.9 Å². The van der Waals surface area contributed by atoms with Crippen molar-refractivity contribution in [3.63, 3.8) is 0 Å². The van der Waals surface area contributed by atoms with Crippen LogP contribution in [0.1, 0.15) is 11.4 Å². The summed E-state index contributed by atoms with van der Waals surface area (Å²) < 4.78 is 6.53. The van der Waals surface area contributed by atoms with Crippen molar-refractivity contribution in [1.29, 1.82) is 0 Å². The minimum atomic E-state index is -0.233. The number of anilines is 1. The van der Waals surface area contributed by atoms with Crippen LogP contribution in [0.5, 0.6) is 5.75 Å². The number of carbonyl (C=O) groups is 1. The zero-order valence-corrected chi connectivity index (χ0v) is 17.2. The molecule has 1 heterocycles. The topological polar surface area (TPSA) is 95.1 Å². The molecule has 0 aliphatic heterocycles. The van der Waals surface area contributed by atoms with Gasteiger partial charge in [-0.25, -0.2) is 4.68 Å². The van der Waals surface area contributed by atoms with E-state index in [0.29, 0.717) is 33.1 Å². The van der Waals surface area contributed by atoms with Crippen LogP contribution in [-0.4, -0.2) is 33.6 Å². The van der Waals surface area contributed by atoms with Crippen LogP contribution in [0.3, 0.4) is 0 Å². The van der Waals surface area contributed by atoms with E-state index in [4.69, 9.17) is 33.8 Å². The van der Waals surface area contributed by atoms with Crippen molar-refractivity contribution >= 4 is 46.6 Å². The second-order valence-electron chi connectivity index (χ2n) is 5.79. The molecule has 146 valence electrons. The van der Waals surface area contributed by atoms with Gasteiger partial charge >= 0.3 is 0 Å². The normalized spacial score (nSPS) is 10.7. The monoisotopic (exact) mass is 437 g/mol. The molecule has 0 fully saturated rings. The van der Waals surface area contributed by atoms with Crippen molar-refractivity contribution in [2.24, 2.45) is 0 Å². The first-order chi connectivity index (χ1) is 13.4. The van der Waals surface area contributed by atoms with Crippen molar-refractivity contribution in [3.8, 4) is 5.75 Å². The van der Waals surface area contributed by atoms with Crippen LogP contribution < -0.4 is 15.9 Å². The Morgan fingerprint density at radius 3 is 2.50 bits per heavy atom. The van der Waals surface area contributed by atoms with Gasteiger partial charge in [0.25, 0.3) is 0 Å². The highest BCUT2D eigenvalue weighted by atomic mass is 35.5. The molecule has 0 saturated heterocycles. The van der Waals surface area contributed by atoms with Crippen molar-refractivity contribution in [1.82, 2.24) is 14.9 Å². The van der Waals surface area contributed by atoms with E-state index >= 15 is 0 Å². The summed E-state index contributed by atoms with van der Waals surface area (Å²) in [7, 11) is 1.62. The summed E-state index contributed by atoms with van der Waals surface area (Å²) >= 11 is 13.0. The van der Waals surface area contributed by atoms with Gasteiger partial charge in [-0.3, -0.25) is 4.79 Å². The number of hydrogen-bond acceptors (Lipinski definition) is 6. The van der Waals surface area contributed by atoms with E-state index in [1.165, 1.54) is 16.4 Å². The number of aromatic nitrogens is 3. The summed E-state index contributed by atoms with van der Waals surface area (Å²) in [5, 5.41) is 12.2. The quantitative estimate of drug-likeness (QED) is 0.432. The number of nitrogens with one attached hydrogen (secondary N) is 1. The Morgan fingerprint density at radius 2 is 1.86 bits per heavy atom. The third-order valence-electron chi connectivity index (χ3n) is 3.74. The fourth-order valence-corrected chi connectivity index (χ4v) is 3.61. The van der Waals surface area contributed by atoms with Gasteiger partial charge in [-0.05, 0) is 35.9 Å². The molecule has 0 bridgehead atoms. The first kappa shape index (κ1) is 20.3. The molecule has 10 heteroatoms. The number of halogens is 2. The Kier molecular flexibility index (Phi) is 6.66. The standard InChI is InChI=1S/C18H17Cl2N5O2S/c1-27-15-4-2-11(3-5-15)6-16-23-24-18(25(16)21)28-10-17(26)22-14-8-12(19)7-13(20)9-14/h2-5,7-9H,6,10,21H2,1H3,(H,22,26). The lowest BCUT2D eigenvalue weighted by molar-refractivity contribution is -0.113. The van der Waals surface area contributed by atoms with Crippen LogP contribution in [0.4, 0.5) is 5.69 Å². The molecule has 0 saturated carbocycles. The van der Waals surface area contributed by atoms with E-state index in [-0.39, 0.29) is 11.7 Å². The van der Waals surface area contributed by atoms with E-state index in [0.717, 1.165) is 11.3 Å². The number of methoxy groups -OCH3 is 1. The molecular formula is C18H17Cl2N5O2S. The minimum absolute atomic E-state index is 0.113. The predicted molar refractivity (Wildman–Crippen MR) is 112 cm³/mol. The zero-order valence-electron chi connectivity index (χ0n) is 14.9. The number of carbonyl (C=O) groups excluding carboxylic acids is 1. The van der Waals surface area contributed by atoms with Crippen LogP contribution in [-0.2, 0) is 11.2 Å². The summed E-state index contributed by atoms with van der Waals surface area (Å²) in [6.07, 6.45) is 0.515. The van der Waals surface area contributed by atoms with Gasteiger partial charge in [0.05, 0.1) is 12.9 Å². The molecule has 0 radical (unpaired) electrons. The number of nitrogen functional groups attached to an aromatic ring is 1. The lowest BCUT2D eigenvalue weighted by atomic mass is 10.1. The highest BCUT2D eigenvalue weighted by Crippen LogP contribution is 2.23. The molecule has 1 amide bonds. The van der Waals surface area contributed by atoms with Crippen LogP contribution >= 0.6 is 35.0 Å². The van der Waals surface area contributed by atoms with E-state index in [2.05, 4.69) is 15.5 Å². The maximum atomic E-state index is 12.1. The predicted octanol–water partition coefficient (Wildman–Crippen LogP) is 3.63. The van der Waals surface area contributed by atoms with Crippen molar-refractivity contribution in [2.45, 2.75) is 11.6 Å². The molecule has 0 unspecified atom stereocenters. The molecule has 0 aliphatic rings. The second kappa shape index (κ2) is 9.18. The maximum Gasteiger partial charge on any atom is 0.234 e. The summed E-state index contributed by atoms with van der Waals surface area (Å²) in [5.41, 5.74) is 1.55. The van der Waals surface area contributed by atoms with Crippen molar-refractivity contribution in [2.75, 3.05) is 24.0 Å². The zero-order chi connectivity index (χ0) is 20.1. The van der Waals surface area contributed by atoms with Crippen LogP contribution in [0.15, 0.2) is 47.6 Å². The van der Waals surface area contributed by atoms with E-state index in [1.807, 2.05) is 24.3 Å². The molecule has 28 heavy (non-hydrogen) atoms. The Bertz CT molecular complexity index is 958. The number of benzene rings is 2. The maximum absolute atomic E-state index is 12.1. The third-order valence-corrected chi connectivity index (χ3v) is 5.11. The highest BCUT2D eigenvalue weighted by molar-refractivity contribution is 7.99. The average molecular weight is 438 g/mol. The Morgan fingerprint density at radius 1 is 1.18 bits per heavy atom.